The Hall–Kier alpha value is -0.940. The summed E-state index contributed by atoms with van der Waals surface area (Å²) in [5.41, 5.74) is 0.691. The van der Waals surface area contributed by atoms with Gasteiger partial charge in [-0.15, -0.1) is 11.6 Å². The van der Waals surface area contributed by atoms with Crippen molar-refractivity contribution in [1.82, 2.24) is 5.32 Å². The highest BCUT2D eigenvalue weighted by atomic mass is 79.9. The van der Waals surface area contributed by atoms with Gasteiger partial charge in [0.2, 0.25) is 5.91 Å². The number of carbonyl (C=O) groups excluding carboxylic acids is 1. The van der Waals surface area contributed by atoms with E-state index in [4.69, 9.17) is 21.1 Å². The maximum Gasteiger partial charge on any atom is 0.242 e. The van der Waals surface area contributed by atoms with E-state index in [1.165, 1.54) is 0 Å². The van der Waals surface area contributed by atoms with E-state index < -0.39 is 5.38 Å². The number of nitrogens with one attached hydrogen (secondary N) is 1. The molecule has 0 saturated carbocycles. The lowest BCUT2D eigenvalue weighted by atomic mass is 10.1. The summed E-state index contributed by atoms with van der Waals surface area (Å²) >= 11 is 9.66. The maximum absolute atomic E-state index is 11.9. The minimum atomic E-state index is -0.741. The predicted octanol–water partition coefficient (Wildman–Crippen LogP) is 3.42. The van der Waals surface area contributed by atoms with Crippen molar-refractivity contribution in [1.29, 1.82) is 0 Å². The zero-order valence-corrected chi connectivity index (χ0v) is 13.6. The van der Waals surface area contributed by atoms with Gasteiger partial charge in [0.1, 0.15) is 5.38 Å². The first-order valence-corrected chi connectivity index (χ1v) is 7.87. The van der Waals surface area contributed by atoms with Crippen molar-refractivity contribution < 1.29 is 14.3 Å². The van der Waals surface area contributed by atoms with Crippen LogP contribution < -0.4 is 14.8 Å². The monoisotopic (exact) mass is 361 g/mol. The van der Waals surface area contributed by atoms with E-state index >= 15 is 0 Å². The predicted molar refractivity (Wildman–Crippen MR) is 81.6 cm³/mol. The number of benzene rings is 1. The molecule has 1 unspecified atom stereocenters. The third kappa shape index (κ3) is 3.58. The molecule has 0 spiro atoms. The number of hydrogen-bond donors (Lipinski definition) is 1. The van der Waals surface area contributed by atoms with Gasteiger partial charge in [-0.3, -0.25) is 4.79 Å². The molecule has 0 bridgehead atoms. The standard InChI is InChI=1S/C14H17BrClNO3/c1-2-4-17-14(18)12(16)9-7-10(15)13-11(8-9)19-5-3-6-20-13/h7-8,12H,2-6H2,1H3,(H,17,18). The summed E-state index contributed by atoms with van der Waals surface area (Å²) in [6.07, 6.45) is 1.71. The molecular weight excluding hydrogens is 346 g/mol. The van der Waals surface area contributed by atoms with E-state index in [0.717, 1.165) is 17.3 Å². The lowest BCUT2D eigenvalue weighted by Crippen LogP contribution is -2.27. The molecule has 1 amide bonds. The van der Waals surface area contributed by atoms with Crippen molar-refractivity contribution in [2.24, 2.45) is 0 Å². The number of alkyl halides is 1. The first kappa shape index (κ1) is 15.4. The van der Waals surface area contributed by atoms with E-state index in [0.29, 0.717) is 36.8 Å². The van der Waals surface area contributed by atoms with Crippen molar-refractivity contribution in [3.63, 3.8) is 0 Å². The topological polar surface area (TPSA) is 47.6 Å². The molecule has 0 aliphatic carbocycles. The number of carbonyl (C=O) groups is 1. The molecule has 2 rings (SSSR count). The summed E-state index contributed by atoms with van der Waals surface area (Å²) in [6, 6.07) is 3.57. The van der Waals surface area contributed by atoms with Crippen LogP contribution in [-0.2, 0) is 4.79 Å². The Balaban J connectivity index is 2.22. The summed E-state index contributed by atoms with van der Waals surface area (Å²) in [6.45, 7) is 3.82. The molecule has 0 saturated heterocycles. The maximum atomic E-state index is 11.9. The number of fused-ring (bicyclic) bond motifs is 1. The Morgan fingerprint density at radius 2 is 2.20 bits per heavy atom. The second-order valence-corrected chi connectivity index (χ2v) is 5.82. The van der Waals surface area contributed by atoms with Crippen LogP contribution in [0.1, 0.15) is 30.7 Å². The minimum absolute atomic E-state index is 0.199. The van der Waals surface area contributed by atoms with Gasteiger partial charge in [-0.1, -0.05) is 6.92 Å². The average Bonchev–Trinajstić information content (AvgIpc) is 2.69. The fraction of sp³-hybridized carbons (Fsp3) is 0.500. The van der Waals surface area contributed by atoms with Gasteiger partial charge >= 0.3 is 0 Å². The van der Waals surface area contributed by atoms with Gasteiger partial charge in [-0.2, -0.15) is 0 Å². The molecule has 0 aromatic heterocycles. The Kier molecular flexibility index (Phi) is 5.54. The molecule has 1 aromatic rings. The van der Waals surface area contributed by atoms with Crippen molar-refractivity contribution in [3.05, 3.63) is 22.2 Å². The molecular formula is C14H17BrClNO3. The molecule has 6 heteroatoms. The van der Waals surface area contributed by atoms with Crippen LogP contribution in [0.5, 0.6) is 11.5 Å². The molecule has 1 heterocycles. The van der Waals surface area contributed by atoms with Gasteiger partial charge in [0, 0.05) is 13.0 Å². The molecule has 1 aromatic carbocycles. The van der Waals surface area contributed by atoms with Gasteiger partial charge in [0.25, 0.3) is 0 Å². The fourth-order valence-corrected chi connectivity index (χ4v) is 2.66. The van der Waals surface area contributed by atoms with Gasteiger partial charge in [0.05, 0.1) is 17.7 Å². The van der Waals surface area contributed by atoms with E-state index in [9.17, 15) is 4.79 Å². The largest absolute Gasteiger partial charge is 0.490 e. The number of hydrogen-bond acceptors (Lipinski definition) is 3. The lowest BCUT2D eigenvalue weighted by Gasteiger charge is -2.15. The van der Waals surface area contributed by atoms with Crippen molar-refractivity contribution in [3.8, 4) is 11.5 Å². The summed E-state index contributed by atoms with van der Waals surface area (Å²) in [4.78, 5) is 11.9. The van der Waals surface area contributed by atoms with Crippen LogP contribution in [-0.4, -0.2) is 25.7 Å². The summed E-state index contributed by atoms with van der Waals surface area (Å²) in [7, 11) is 0. The normalized spacial score (nSPS) is 15.3. The molecule has 4 nitrogen and oxygen atoms in total. The third-order valence-corrected chi connectivity index (χ3v) is 3.94. The van der Waals surface area contributed by atoms with Gasteiger partial charge in [-0.05, 0) is 40.0 Å². The zero-order chi connectivity index (χ0) is 14.5. The molecule has 1 aliphatic rings. The highest BCUT2D eigenvalue weighted by Gasteiger charge is 2.22. The first-order valence-electron chi connectivity index (χ1n) is 6.64. The van der Waals surface area contributed by atoms with Crippen LogP contribution in [0, 0.1) is 0 Å². The van der Waals surface area contributed by atoms with Crippen LogP contribution in [0.2, 0.25) is 0 Å². The van der Waals surface area contributed by atoms with Crippen LogP contribution in [0.3, 0.4) is 0 Å². The van der Waals surface area contributed by atoms with Crippen LogP contribution in [0.4, 0.5) is 0 Å². The number of ether oxygens (including phenoxy) is 2. The van der Waals surface area contributed by atoms with E-state index in [-0.39, 0.29) is 5.91 Å². The van der Waals surface area contributed by atoms with Crippen molar-refractivity contribution >= 4 is 33.4 Å². The summed E-state index contributed by atoms with van der Waals surface area (Å²) in [5.74, 6) is 1.10. The molecule has 1 aliphatic heterocycles. The second-order valence-electron chi connectivity index (χ2n) is 4.53. The van der Waals surface area contributed by atoms with Crippen molar-refractivity contribution in [2.45, 2.75) is 25.1 Å². The summed E-state index contributed by atoms with van der Waals surface area (Å²) in [5, 5.41) is 2.04. The quantitative estimate of drug-likeness (QED) is 0.835. The van der Waals surface area contributed by atoms with Gasteiger partial charge in [-0.25, -0.2) is 0 Å². The van der Waals surface area contributed by atoms with Crippen LogP contribution >= 0.6 is 27.5 Å². The average molecular weight is 363 g/mol. The number of rotatable bonds is 4. The number of halogens is 2. The SMILES string of the molecule is CCCNC(=O)C(Cl)c1cc(Br)c2c(c1)OCCCO2. The van der Waals surface area contributed by atoms with E-state index in [2.05, 4.69) is 21.2 Å². The van der Waals surface area contributed by atoms with E-state index in [1.54, 1.807) is 12.1 Å². The van der Waals surface area contributed by atoms with Crippen LogP contribution in [0.15, 0.2) is 16.6 Å². The molecule has 0 radical (unpaired) electrons. The van der Waals surface area contributed by atoms with Gasteiger partial charge in [0.15, 0.2) is 11.5 Å². The van der Waals surface area contributed by atoms with Gasteiger partial charge < -0.3 is 14.8 Å². The Labute approximate surface area is 131 Å². The first-order chi connectivity index (χ1) is 9.63. The molecule has 1 atom stereocenters. The Morgan fingerprint density at radius 1 is 1.45 bits per heavy atom. The highest BCUT2D eigenvalue weighted by molar-refractivity contribution is 9.10. The zero-order valence-electron chi connectivity index (χ0n) is 11.2. The Morgan fingerprint density at radius 3 is 2.95 bits per heavy atom. The summed E-state index contributed by atoms with van der Waals surface area (Å²) < 4.78 is 12.0. The third-order valence-electron chi connectivity index (χ3n) is 2.90. The van der Waals surface area contributed by atoms with Crippen molar-refractivity contribution in [2.75, 3.05) is 19.8 Å². The highest BCUT2D eigenvalue weighted by Crippen LogP contribution is 2.40. The smallest absolute Gasteiger partial charge is 0.242 e. The lowest BCUT2D eigenvalue weighted by molar-refractivity contribution is -0.120. The second kappa shape index (κ2) is 7.18. The number of amides is 1. The minimum Gasteiger partial charge on any atom is -0.490 e. The van der Waals surface area contributed by atoms with Crippen LogP contribution in [0.25, 0.3) is 0 Å². The molecule has 110 valence electrons. The van der Waals surface area contributed by atoms with E-state index in [1.807, 2.05) is 6.92 Å². The molecule has 0 fully saturated rings. The molecule has 1 N–H and O–H groups in total. The molecule has 20 heavy (non-hydrogen) atoms. The Bertz CT molecular complexity index is 496. The fourth-order valence-electron chi connectivity index (χ4n) is 1.89.